The molecule has 0 aliphatic heterocycles. The highest BCUT2D eigenvalue weighted by atomic mass is 16.3. The fourth-order valence-electron chi connectivity index (χ4n) is 2.33. The van der Waals surface area contributed by atoms with E-state index in [0.29, 0.717) is 13.0 Å². The molecule has 20 heavy (non-hydrogen) atoms. The standard InChI is InChI=1S/C15H27N3O2/c1-4-8-12(16)15(19)17-11-13(18(5-2)6-3)14-9-7-10-20-14/h7,9-10,12-13H,4-6,8,11,16H2,1-3H3,(H,17,19). The summed E-state index contributed by atoms with van der Waals surface area (Å²) >= 11 is 0. The SMILES string of the molecule is CCCC(N)C(=O)NCC(c1ccco1)N(CC)CC. The minimum atomic E-state index is -0.422. The Morgan fingerprint density at radius 2 is 2.10 bits per heavy atom. The van der Waals surface area contributed by atoms with E-state index in [4.69, 9.17) is 10.2 Å². The number of rotatable bonds is 9. The summed E-state index contributed by atoms with van der Waals surface area (Å²) in [4.78, 5) is 14.2. The van der Waals surface area contributed by atoms with Gasteiger partial charge >= 0.3 is 0 Å². The number of furan rings is 1. The lowest BCUT2D eigenvalue weighted by atomic mass is 10.1. The van der Waals surface area contributed by atoms with Gasteiger partial charge in [-0.25, -0.2) is 0 Å². The molecule has 0 fully saturated rings. The van der Waals surface area contributed by atoms with E-state index in [1.165, 1.54) is 0 Å². The monoisotopic (exact) mass is 281 g/mol. The van der Waals surface area contributed by atoms with Crippen molar-refractivity contribution < 1.29 is 9.21 Å². The molecule has 0 radical (unpaired) electrons. The first-order chi connectivity index (χ1) is 9.63. The van der Waals surface area contributed by atoms with Gasteiger partial charge in [0.05, 0.1) is 18.3 Å². The first-order valence-electron chi connectivity index (χ1n) is 7.44. The lowest BCUT2D eigenvalue weighted by Gasteiger charge is -2.28. The minimum Gasteiger partial charge on any atom is -0.468 e. The van der Waals surface area contributed by atoms with E-state index in [1.54, 1.807) is 6.26 Å². The van der Waals surface area contributed by atoms with E-state index in [-0.39, 0.29) is 11.9 Å². The van der Waals surface area contributed by atoms with E-state index in [9.17, 15) is 4.79 Å². The highest BCUT2D eigenvalue weighted by Crippen LogP contribution is 2.20. The zero-order chi connectivity index (χ0) is 15.0. The molecule has 0 aliphatic carbocycles. The second-order valence-corrected chi connectivity index (χ2v) is 4.89. The van der Waals surface area contributed by atoms with Gasteiger partial charge in [-0.3, -0.25) is 9.69 Å². The molecule has 0 saturated carbocycles. The maximum Gasteiger partial charge on any atom is 0.236 e. The molecule has 5 nitrogen and oxygen atoms in total. The normalized spacial score (nSPS) is 14.2. The number of amides is 1. The van der Waals surface area contributed by atoms with Crippen molar-refractivity contribution in [2.75, 3.05) is 19.6 Å². The Balaban J connectivity index is 2.64. The first-order valence-corrected chi connectivity index (χ1v) is 7.44. The van der Waals surface area contributed by atoms with Crippen molar-refractivity contribution in [3.8, 4) is 0 Å². The Morgan fingerprint density at radius 3 is 2.60 bits per heavy atom. The van der Waals surface area contributed by atoms with E-state index in [2.05, 4.69) is 24.1 Å². The predicted molar refractivity (Wildman–Crippen MR) is 80.3 cm³/mol. The van der Waals surface area contributed by atoms with Crippen molar-refractivity contribution in [1.82, 2.24) is 10.2 Å². The Kier molecular flexibility index (Phi) is 7.33. The number of hydrogen-bond donors (Lipinski definition) is 2. The van der Waals surface area contributed by atoms with E-state index in [1.807, 2.05) is 19.1 Å². The number of hydrogen-bond acceptors (Lipinski definition) is 4. The number of nitrogens with one attached hydrogen (secondary N) is 1. The van der Waals surface area contributed by atoms with E-state index in [0.717, 1.165) is 25.3 Å². The maximum atomic E-state index is 11.9. The molecule has 2 unspecified atom stereocenters. The average molecular weight is 281 g/mol. The number of carbonyl (C=O) groups is 1. The quantitative estimate of drug-likeness (QED) is 0.725. The molecule has 1 aromatic rings. The van der Waals surface area contributed by atoms with E-state index < -0.39 is 6.04 Å². The third-order valence-corrected chi connectivity index (χ3v) is 3.53. The van der Waals surface area contributed by atoms with Crippen molar-refractivity contribution in [2.24, 2.45) is 5.73 Å². The second kappa shape index (κ2) is 8.76. The molecule has 0 aliphatic rings. The molecule has 5 heteroatoms. The van der Waals surface area contributed by atoms with Gasteiger partial charge in [0, 0.05) is 6.54 Å². The van der Waals surface area contributed by atoms with Gasteiger partial charge in [-0.2, -0.15) is 0 Å². The number of likely N-dealkylation sites (N-methyl/N-ethyl adjacent to an activating group) is 1. The molecule has 0 spiro atoms. The number of nitrogens with zero attached hydrogens (tertiary/aromatic N) is 1. The molecule has 0 aromatic carbocycles. The fraction of sp³-hybridized carbons (Fsp3) is 0.667. The van der Waals surface area contributed by atoms with Crippen LogP contribution in [0, 0.1) is 0 Å². The summed E-state index contributed by atoms with van der Waals surface area (Å²) in [5, 5.41) is 2.94. The second-order valence-electron chi connectivity index (χ2n) is 4.89. The molecule has 3 N–H and O–H groups in total. The molecule has 1 aromatic heterocycles. The predicted octanol–water partition coefficient (Wildman–Crippen LogP) is 1.91. The Morgan fingerprint density at radius 1 is 1.40 bits per heavy atom. The van der Waals surface area contributed by atoms with Gasteiger partial charge < -0.3 is 15.5 Å². The van der Waals surface area contributed by atoms with Gasteiger partial charge in [-0.15, -0.1) is 0 Å². The maximum absolute atomic E-state index is 11.9. The number of nitrogens with two attached hydrogens (primary N) is 1. The molecule has 1 rings (SSSR count). The Labute approximate surface area is 121 Å². The molecule has 2 atom stereocenters. The van der Waals surface area contributed by atoms with Crippen molar-refractivity contribution in [2.45, 2.75) is 45.7 Å². The van der Waals surface area contributed by atoms with Crippen molar-refractivity contribution in [3.05, 3.63) is 24.2 Å². The van der Waals surface area contributed by atoms with Crippen molar-refractivity contribution in [1.29, 1.82) is 0 Å². The molecular formula is C15H27N3O2. The molecule has 1 amide bonds. The van der Waals surface area contributed by atoms with Gasteiger partial charge in [0.25, 0.3) is 0 Å². The van der Waals surface area contributed by atoms with Gasteiger partial charge in [0.15, 0.2) is 0 Å². The van der Waals surface area contributed by atoms with Crippen LogP contribution in [0.3, 0.4) is 0 Å². The summed E-state index contributed by atoms with van der Waals surface area (Å²) in [7, 11) is 0. The molecule has 0 saturated heterocycles. The fourth-order valence-corrected chi connectivity index (χ4v) is 2.33. The van der Waals surface area contributed by atoms with Crippen LogP contribution < -0.4 is 11.1 Å². The van der Waals surface area contributed by atoms with Crippen LogP contribution in [0.5, 0.6) is 0 Å². The van der Waals surface area contributed by atoms with E-state index >= 15 is 0 Å². The Bertz CT molecular complexity index is 374. The van der Waals surface area contributed by atoms with Gasteiger partial charge in [-0.05, 0) is 31.6 Å². The lowest BCUT2D eigenvalue weighted by Crippen LogP contribution is -2.44. The molecular weight excluding hydrogens is 254 g/mol. The summed E-state index contributed by atoms with van der Waals surface area (Å²) in [6.07, 6.45) is 3.28. The number of carbonyl (C=O) groups excluding carboxylic acids is 1. The summed E-state index contributed by atoms with van der Waals surface area (Å²) in [5.74, 6) is 0.786. The van der Waals surface area contributed by atoms with Crippen LogP contribution in [0.4, 0.5) is 0 Å². The van der Waals surface area contributed by atoms with Gasteiger partial charge in [0.2, 0.25) is 5.91 Å². The van der Waals surface area contributed by atoms with Crippen LogP contribution in [-0.4, -0.2) is 36.5 Å². The molecule has 1 heterocycles. The van der Waals surface area contributed by atoms with Gasteiger partial charge in [-0.1, -0.05) is 27.2 Å². The zero-order valence-corrected chi connectivity index (χ0v) is 12.8. The average Bonchev–Trinajstić information content (AvgIpc) is 2.97. The third kappa shape index (κ3) is 4.65. The van der Waals surface area contributed by atoms with Crippen LogP contribution in [0.2, 0.25) is 0 Å². The summed E-state index contributed by atoms with van der Waals surface area (Å²) < 4.78 is 5.50. The van der Waals surface area contributed by atoms with Gasteiger partial charge in [0.1, 0.15) is 5.76 Å². The molecule has 0 bridgehead atoms. The van der Waals surface area contributed by atoms with Crippen LogP contribution in [0.1, 0.15) is 45.4 Å². The van der Waals surface area contributed by atoms with Crippen LogP contribution in [0.25, 0.3) is 0 Å². The molecule has 114 valence electrons. The third-order valence-electron chi connectivity index (χ3n) is 3.53. The van der Waals surface area contributed by atoms with Crippen molar-refractivity contribution in [3.63, 3.8) is 0 Å². The topological polar surface area (TPSA) is 71.5 Å². The van der Waals surface area contributed by atoms with Crippen LogP contribution in [0.15, 0.2) is 22.8 Å². The lowest BCUT2D eigenvalue weighted by molar-refractivity contribution is -0.122. The Hall–Kier alpha value is -1.33. The highest BCUT2D eigenvalue weighted by Gasteiger charge is 2.22. The van der Waals surface area contributed by atoms with Crippen molar-refractivity contribution >= 4 is 5.91 Å². The zero-order valence-electron chi connectivity index (χ0n) is 12.8. The largest absolute Gasteiger partial charge is 0.468 e. The first kappa shape index (κ1) is 16.7. The summed E-state index contributed by atoms with van der Waals surface area (Å²) in [6.45, 7) is 8.55. The summed E-state index contributed by atoms with van der Waals surface area (Å²) in [6, 6.07) is 3.45. The van der Waals surface area contributed by atoms with Crippen LogP contribution in [-0.2, 0) is 4.79 Å². The highest BCUT2D eigenvalue weighted by molar-refractivity contribution is 5.81. The summed E-state index contributed by atoms with van der Waals surface area (Å²) in [5.41, 5.74) is 5.82. The minimum absolute atomic E-state index is 0.0535. The van der Waals surface area contributed by atoms with Crippen LogP contribution >= 0.6 is 0 Å². The smallest absolute Gasteiger partial charge is 0.236 e.